The minimum absolute atomic E-state index is 0.156. The zero-order valence-corrected chi connectivity index (χ0v) is 12.7. The molecule has 0 atom stereocenters. The first-order valence-electron chi connectivity index (χ1n) is 5.83. The number of hydrogen-bond acceptors (Lipinski definition) is 6. The molecule has 0 aromatic rings. The van der Waals surface area contributed by atoms with E-state index in [-0.39, 0.29) is 26.1 Å². The number of unbranched alkanes of at least 4 members (excludes halogenated alkanes) is 2. The molecule has 0 aliphatic rings. The average molecular weight is 316 g/mol. The number of thiol groups is 2. The van der Waals surface area contributed by atoms with E-state index in [4.69, 9.17) is 20.4 Å². The highest BCUT2D eigenvalue weighted by molar-refractivity contribution is 7.80. The Labute approximate surface area is 124 Å². The van der Waals surface area contributed by atoms with E-state index >= 15 is 0 Å². The van der Waals surface area contributed by atoms with Gasteiger partial charge in [-0.2, -0.15) is 25.3 Å². The van der Waals surface area contributed by atoms with Gasteiger partial charge in [-0.15, -0.1) is 0 Å². The Morgan fingerprint density at radius 3 is 1.16 bits per heavy atom. The molecule has 19 heavy (non-hydrogen) atoms. The molecule has 0 rings (SSSR count). The maximum absolute atomic E-state index is 9.55. The summed E-state index contributed by atoms with van der Waals surface area (Å²) in [6.07, 6.45) is 2.89. The molecule has 0 radical (unpaired) electrons. The summed E-state index contributed by atoms with van der Waals surface area (Å²) in [5.74, 6) is -0.722. The summed E-state index contributed by atoms with van der Waals surface area (Å²) in [7, 11) is 0. The highest BCUT2D eigenvalue weighted by atomic mass is 32.1. The summed E-state index contributed by atoms with van der Waals surface area (Å²) in [5.41, 5.74) is 0. The molecule has 4 N–H and O–H groups in total. The molecule has 0 heterocycles. The first-order chi connectivity index (χ1) is 8.95. The smallest absolute Gasteiger partial charge is 0.304 e. The van der Waals surface area contributed by atoms with Crippen molar-refractivity contribution < 1.29 is 30.0 Å². The van der Waals surface area contributed by atoms with Crippen LogP contribution in [0.5, 0.6) is 0 Å². The van der Waals surface area contributed by atoms with Crippen molar-refractivity contribution in [2.75, 3.05) is 24.7 Å². The van der Waals surface area contributed by atoms with Crippen molar-refractivity contribution in [3.05, 3.63) is 0 Å². The first-order valence-corrected chi connectivity index (χ1v) is 7.09. The molecule has 8 heteroatoms. The number of hydrogen-bond donors (Lipinski definition) is 6. The standard InChI is InChI=1S/C5H12O2.2C3H6O2S/c6-4-2-1-3-5-7;2*4-3(5)1-2-6/h6-7H,1-5H2;2*6H,1-2H2,(H,4,5). The molecule has 0 fully saturated rings. The lowest BCUT2D eigenvalue weighted by Crippen LogP contribution is -1.93. The van der Waals surface area contributed by atoms with Gasteiger partial charge in [-0.1, -0.05) is 0 Å². The zero-order chi connectivity index (χ0) is 15.5. The zero-order valence-electron chi connectivity index (χ0n) is 10.9. The van der Waals surface area contributed by atoms with Gasteiger partial charge in [-0.3, -0.25) is 9.59 Å². The Morgan fingerprint density at radius 1 is 0.737 bits per heavy atom. The summed E-state index contributed by atoms with van der Waals surface area (Å²) in [6, 6.07) is 0. The number of carboxylic acid groups (broad SMARTS) is 2. The van der Waals surface area contributed by atoms with Crippen LogP contribution < -0.4 is 0 Å². The largest absolute Gasteiger partial charge is 0.481 e. The van der Waals surface area contributed by atoms with Gasteiger partial charge in [0, 0.05) is 24.7 Å². The van der Waals surface area contributed by atoms with Crippen molar-refractivity contribution in [2.24, 2.45) is 0 Å². The summed E-state index contributed by atoms with van der Waals surface area (Å²) in [5, 5.41) is 32.2. The third-order valence-electron chi connectivity index (χ3n) is 1.47. The Bertz CT molecular complexity index is 182. The van der Waals surface area contributed by atoms with Crippen molar-refractivity contribution in [2.45, 2.75) is 32.1 Å². The normalized spacial score (nSPS) is 8.63. The number of aliphatic hydroxyl groups is 2. The van der Waals surface area contributed by atoms with Crippen molar-refractivity contribution in [1.82, 2.24) is 0 Å². The molecule has 0 saturated carbocycles. The molecule has 0 aromatic heterocycles. The fraction of sp³-hybridized carbons (Fsp3) is 0.818. The first kappa shape index (κ1) is 23.6. The summed E-state index contributed by atoms with van der Waals surface area (Å²) < 4.78 is 0. The monoisotopic (exact) mass is 316 g/mol. The van der Waals surface area contributed by atoms with Crippen LogP contribution in [0.2, 0.25) is 0 Å². The van der Waals surface area contributed by atoms with Crippen LogP contribution in [0.15, 0.2) is 0 Å². The molecule has 116 valence electrons. The maximum Gasteiger partial charge on any atom is 0.304 e. The van der Waals surface area contributed by atoms with Crippen LogP contribution >= 0.6 is 25.3 Å². The van der Waals surface area contributed by atoms with Gasteiger partial charge in [0.1, 0.15) is 0 Å². The topological polar surface area (TPSA) is 115 Å². The van der Waals surface area contributed by atoms with E-state index in [0.29, 0.717) is 11.5 Å². The Balaban J connectivity index is -0.000000203. The molecule has 0 aromatic carbocycles. The number of aliphatic hydroxyl groups excluding tert-OH is 2. The predicted molar refractivity (Wildman–Crippen MR) is 80.2 cm³/mol. The van der Waals surface area contributed by atoms with Gasteiger partial charge in [0.2, 0.25) is 0 Å². The molecular formula is C11H24O6S2. The van der Waals surface area contributed by atoms with E-state index in [9.17, 15) is 9.59 Å². The van der Waals surface area contributed by atoms with E-state index < -0.39 is 11.9 Å². The van der Waals surface area contributed by atoms with Crippen LogP contribution in [0.1, 0.15) is 32.1 Å². The quantitative estimate of drug-likeness (QED) is 0.293. The molecule has 0 aliphatic heterocycles. The predicted octanol–water partition coefficient (Wildman–Crippen LogP) is 0.923. The number of carboxylic acids is 2. The third kappa shape index (κ3) is 46.5. The van der Waals surface area contributed by atoms with Crippen molar-refractivity contribution in [1.29, 1.82) is 0 Å². The van der Waals surface area contributed by atoms with E-state index in [1.165, 1.54) is 0 Å². The molecule has 0 aliphatic carbocycles. The van der Waals surface area contributed by atoms with Crippen LogP contribution in [0, 0.1) is 0 Å². The van der Waals surface area contributed by atoms with Gasteiger partial charge in [-0.05, 0) is 19.3 Å². The molecule has 0 saturated heterocycles. The van der Waals surface area contributed by atoms with Gasteiger partial charge < -0.3 is 20.4 Å². The molecule has 0 unspecified atom stereocenters. The van der Waals surface area contributed by atoms with Crippen LogP contribution in [0.25, 0.3) is 0 Å². The molecule has 6 nitrogen and oxygen atoms in total. The van der Waals surface area contributed by atoms with Crippen LogP contribution in [0.3, 0.4) is 0 Å². The highest BCUT2D eigenvalue weighted by Crippen LogP contribution is 1.90. The van der Waals surface area contributed by atoms with E-state index in [1.807, 2.05) is 0 Å². The number of rotatable bonds is 8. The maximum atomic E-state index is 9.55. The van der Waals surface area contributed by atoms with Gasteiger partial charge >= 0.3 is 11.9 Å². The van der Waals surface area contributed by atoms with Crippen LogP contribution in [-0.4, -0.2) is 57.1 Å². The molecular weight excluding hydrogens is 292 g/mol. The Morgan fingerprint density at radius 2 is 1.05 bits per heavy atom. The second-order valence-electron chi connectivity index (χ2n) is 3.24. The van der Waals surface area contributed by atoms with Crippen molar-refractivity contribution >= 4 is 37.2 Å². The van der Waals surface area contributed by atoms with E-state index in [0.717, 1.165) is 19.3 Å². The minimum Gasteiger partial charge on any atom is -0.481 e. The van der Waals surface area contributed by atoms with Gasteiger partial charge in [0.25, 0.3) is 0 Å². The summed E-state index contributed by atoms with van der Waals surface area (Å²) in [4.78, 5) is 19.1. The van der Waals surface area contributed by atoms with E-state index in [1.54, 1.807) is 0 Å². The molecule has 0 bridgehead atoms. The van der Waals surface area contributed by atoms with Gasteiger partial charge in [0.15, 0.2) is 0 Å². The van der Waals surface area contributed by atoms with Gasteiger partial charge in [-0.25, -0.2) is 0 Å². The van der Waals surface area contributed by atoms with Crippen LogP contribution in [-0.2, 0) is 9.59 Å². The lowest BCUT2D eigenvalue weighted by Gasteiger charge is -1.90. The molecule has 0 amide bonds. The Kier molecular flexibility index (Phi) is 28.3. The Hall–Kier alpha value is -0.440. The van der Waals surface area contributed by atoms with Crippen LogP contribution in [0.4, 0.5) is 0 Å². The highest BCUT2D eigenvalue weighted by Gasteiger charge is 1.88. The second-order valence-corrected chi connectivity index (χ2v) is 4.14. The fourth-order valence-corrected chi connectivity index (χ4v) is 0.974. The van der Waals surface area contributed by atoms with E-state index in [2.05, 4.69) is 25.3 Å². The lowest BCUT2D eigenvalue weighted by molar-refractivity contribution is -0.137. The number of carbonyl (C=O) groups is 2. The van der Waals surface area contributed by atoms with Gasteiger partial charge in [0.05, 0.1) is 12.8 Å². The summed E-state index contributed by atoms with van der Waals surface area (Å²) in [6.45, 7) is 0.500. The fourth-order valence-electron chi connectivity index (χ4n) is 0.592. The third-order valence-corrected chi connectivity index (χ3v) is 1.91. The molecule has 0 spiro atoms. The lowest BCUT2D eigenvalue weighted by atomic mass is 10.2. The van der Waals surface area contributed by atoms with Crippen molar-refractivity contribution in [3.8, 4) is 0 Å². The SMILES string of the molecule is O=C(O)CCS.O=C(O)CCS.OCCCCCO. The second kappa shape index (κ2) is 22.7. The van der Waals surface area contributed by atoms with Crippen molar-refractivity contribution in [3.63, 3.8) is 0 Å². The number of aliphatic carboxylic acids is 2. The summed E-state index contributed by atoms with van der Waals surface area (Å²) >= 11 is 7.36. The minimum atomic E-state index is -0.787. The average Bonchev–Trinajstić information content (AvgIpc) is 2.31.